The van der Waals surface area contributed by atoms with Crippen LogP contribution in [-0.2, 0) is 10.9 Å². The molecule has 0 aromatic heterocycles. The Morgan fingerprint density at radius 1 is 1.33 bits per heavy atom. The maximum Gasteiger partial charge on any atom is 0.418 e. The molecule has 1 aromatic rings. The van der Waals surface area contributed by atoms with Crippen molar-refractivity contribution in [2.75, 3.05) is 25.9 Å². The fourth-order valence-electron chi connectivity index (χ4n) is 2.46. The fraction of sp³-hybridized carbons (Fsp3) is 0.500. The number of nitrogen functional groups attached to an aromatic ring is 1. The number of para-hydroxylation sites is 1. The molecule has 0 radical (unpaired) electrons. The first-order chi connectivity index (χ1) is 9.84. The third-order valence-corrected chi connectivity index (χ3v) is 3.70. The van der Waals surface area contributed by atoms with Gasteiger partial charge in [0, 0.05) is 20.2 Å². The van der Waals surface area contributed by atoms with Crippen LogP contribution in [0.2, 0.25) is 0 Å². The van der Waals surface area contributed by atoms with E-state index in [9.17, 15) is 18.0 Å². The molecule has 1 aromatic carbocycles. The molecule has 0 unspecified atom stereocenters. The maximum absolute atomic E-state index is 12.8. The number of methoxy groups -OCH3 is 1. The highest BCUT2D eigenvalue weighted by Gasteiger charge is 2.35. The largest absolute Gasteiger partial charge is 0.418 e. The third kappa shape index (κ3) is 3.29. The van der Waals surface area contributed by atoms with E-state index >= 15 is 0 Å². The lowest BCUT2D eigenvalue weighted by atomic mass is 10.0. The number of hydrogen-bond donors (Lipinski definition) is 1. The highest BCUT2D eigenvalue weighted by atomic mass is 19.4. The number of anilines is 1. The van der Waals surface area contributed by atoms with Gasteiger partial charge in [0.05, 0.1) is 22.9 Å². The first kappa shape index (κ1) is 15.6. The summed E-state index contributed by atoms with van der Waals surface area (Å²) in [5.41, 5.74) is 3.96. The molecule has 1 amide bonds. The van der Waals surface area contributed by atoms with Crippen LogP contribution >= 0.6 is 0 Å². The Morgan fingerprint density at radius 2 is 1.95 bits per heavy atom. The molecule has 2 N–H and O–H groups in total. The van der Waals surface area contributed by atoms with Crippen molar-refractivity contribution in [1.82, 2.24) is 4.90 Å². The minimum atomic E-state index is -4.57. The molecule has 2 rings (SSSR count). The normalized spacial score (nSPS) is 17.0. The molecule has 116 valence electrons. The Hall–Kier alpha value is -1.76. The van der Waals surface area contributed by atoms with Crippen molar-refractivity contribution in [3.8, 4) is 0 Å². The first-order valence-corrected chi connectivity index (χ1v) is 6.62. The van der Waals surface area contributed by atoms with Crippen molar-refractivity contribution in [2.24, 2.45) is 0 Å². The number of nitrogens with two attached hydrogens (primary N) is 1. The van der Waals surface area contributed by atoms with Gasteiger partial charge in [-0.2, -0.15) is 13.2 Å². The summed E-state index contributed by atoms with van der Waals surface area (Å²) in [4.78, 5) is 13.8. The Balaban J connectivity index is 2.21. The fourth-order valence-corrected chi connectivity index (χ4v) is 2.46. The van der Waals surface area contributed by atoms with Crippen LogP contribution in [0.1, 0.15) is 28.8 Å². The number of carbonyl (C=O) groups is 1. The molecule has 1 fully saturated rings. The number of piperidine rings is 1. The van der Waals surface area contributed by atoms with Gasteiger partial charge in [0.15, 0.2) is 0 Å². The molecule has 0 atom stereocenters. The van der Waals surface area contributed by atoms with Crippen molar-refractivity contribution >= 4 is 11.6 Å². The van der Waals surface area contributed by atoms with E-state index in [1.165, 1.54) is 17.0 Å². The molecule has 0 aliphatic carbocycles. The van der Waals surface area contributed by atoms with Crippen LogP contribution in [0, 0.1) is 0 Å². The van der Waals surface area contributed by atoms with Crippen LogP contribution in [-0.4, -0.2) is 37.1 Å². The van der Waals surface area contributed by atoms with Crippen LogP contribution in [0.3, 0.4) is 0 Å². The van der Waals surface area contributed by atoms with Crippen molar-refractivity contribution in [2.45, 2.75) is 25.1 Å². The summed E-state index contributed by atoms with van der Waals surface area (Å²) in [6.45, 7) is 0.903. The molecule has 7 heteroatoms. The van der Waals surface area contributed by atoms with Gasteiger partial charge >= 0.3 is 6.18 Å². The smallest absolute Gasteiger partial charge is 0.398 e. The summed E-state index contributed by atoms with van der Waals surface area (Å²) < 4.78 is 43.6. The van der Waals surface area contributed by atoms with E-state index in [2.05, 4.69) is 0 Å². The minimum Gasteiger partial charge on any atom is -0.398 e. The number of likely N-dealkylation sites (tertiary alicyclic amines) is 1. The molecule has 1 saturated heterocycles. The molecule has 1 aliphatic heterocycles. The number of alkyl halides is 3. The second-order valence-corrected chi connectivity index (χ2v) is 4.99. The standard InChI is InChI=1S/C14H17F3N2O2/c1-21-9-5-7-19(8-6-9)13(20)10-3-2-4-11(12(10)18)14(15,16)17/h2-4,9H,5-8,18H2,1H3. The van der Waals surface area contributed by atoms with Crippen LogP contribution in [0.25, 0.3) is 0 Å². The molecule has 21 heavy (non-hydrogen) atoms. The minimum absolute atomic E-state index is 0.0907. The Morgan fingerprint density at radius 3 is 2.48 bits per heavy atom. The average Bonchev–Trinajstić information content (AvgIpc) is 2.45. The van der Waals surface area contributed by atoms with Crippen LogP contribution < -0.4 is 5.73 Å². The lowest BCUT2D eigenvalue weighted by Crippen LogP contribution is -2.41. The summed E-state index contributed by atoms with van der Waals surface area (Å²) >= 11 is 0. The number of rotatable bonds is 2. The number of benzene rings is 1. The topological polar surface area (TPSA) is 55.6 Å². The highest BCUT2D eigenvalue weighted by molar-refractivity contribution is 5.99. The van der Waals surface area contributed by atoms with Crippen molar-refractivity contribution < 1.29 is 22.7 Å². The summed E-state index contributed by atoms with van der Waals surface area (Å²) in [7, 11) is 1.60. The van der Waals surface area contributed by atoms with Gasteiger partial charge in [-0.25, -0.2) is 0 Å². The Kier molecular flexibility index (Phi) is 4.41. The van der Waals surface area contributed by atoms with E-state index in [4.69, 9.17) is 10.5 Å². The Bertz CT molecular complexity index is 523. The van der Waals surface area contributed by atoms with Gasteiger partial charge in [0.25, 0.3) is 5.91 Å². The van der Waals surface area contributed by atoms with Crippen LogP contribution in [0.4, 0.5) is 18.9 Å². The van der Waals surface area contributed by atoms with Crippen LogP contribution in [0.5, 0.6) is 0 Å². The van der Waals surface area contributed by atoms with Gasteiger partial charge in [-0.15, -0.1) is 0 Å². The SMILES string of the molecule is COC1CCN(C(=O)c2cccc(C(F)(F)F)c2N)CC1. The molecular weight excluding hydrogens is 285 g/mol. The van der Waals surface area contributed by atoms with Gasteiger partial charge in [-0.1, -0.05) is 6.07 Å². The molecular formula is C14H17F3N2O2. The van der Waals surface area contributed by atoms with E-state index in [1.54, 1.807) is 7.11 Å². The van der Waals surface area contributed by atoms with Crippen molar-refractivity contribution in [1.29, 1.82) is 0 Å². The first-order valence-electron chi connectivity index (χ1n) is 6.62. The predicted octanol–water partition coefficient (Wildman–Crippen LogP) is 2.54. The molecule has 0 bridgehead atoms. The van der Waals surface area contributed by atoms with E-state index in [0.717, 1.165) is 6.07 Å². The second-order valence-electron chi connectivity index (χ2n) is 4.99. The van der Waals surface area contributed by atoms with Gasteiger partial charge in [0.1, 0.15) is 0 Å². The zero-order valence-corrected chi connectivity index (χ0v) is 11.6. The maximum atomic E-state index is 12.8. The Labute approximate surface area is 120 Å². The molecule has 1 aliphatic rings. The third-order valence-electron chi connectivity index (χ3n) is 3.70. The lowest BCUT2D eigenvalue weighted by Gasteiger charge is -2.31. The average molecular weight is 302 g/mol. The van der Waals surface area contributed by atoms with Gasteiger partial charge < -0.3 is 15.4 Å². The number of amides is 1. The van der Waals surface area contributed by atoms with Crippen molar-refractivity contribution in [3.63, 3.8) is 0 Å². The van der Waals surface area contributed by atoms with Gasteiger partial charge in [0.2, 0.25) is 0 Å². The van der Waals surface area contributed by atoms with Gasteiger partial charge in [-0.05, 0) is 25.0 Å². The summed E-state index contributed by atoms with van der Waals surface area (Å²) in [5.74, 6) is -0.465. The van der Waals surface area contributed by atoms with Crippen molar-refractivity contribution in [3.05, 3.63) is 29.3 Å². The summed E-state index contributed by atoms with van der Waals surface area (Å²) in [5, 5.41) is 0. The zero-order valence-electron chi connectivity index (χ0n) is 11.6. The zero-order chi connectivity index (χ0) is 15.6. The number of ether oxygens (including phenoxy) is 1. The summed E-state index contributed by atoms with van der Waals surface area (Å²) in [6.07, 6.45) is -3.14. The van der Waals surface area contributed by atoms with E-state index in [0.29, 0.717) is 25.9 Å². The number of hydrogen-bond acceptors (Lipinski definition) is 3. The van der Waals surface area contributed by atoms with Crippen LogP contribution in [0.15, 0.2) is 18.2 Å². The lowest BCUT2D eigenvalue weighted by molar-refractivity contribution is -0.136. The van der Waals surface area contributed by atoms with E-state index in [1.807, 2.05) is 0 Å². The number of nitrogens with zero attached hydrogens (tertiary/aromatic N) is 1. The quantitative estimate of drug-likeness (QED) is 0.854. The number of halogens is 3. The predicted molar refractivity (Wildman–Crippen MR) is 71.8 cm³/mol. The molecule has 4 nitrogen and oxygen atoms in total. The molecule has 0 saturated carbocycles. The molecule has 0 spiro atoms. The number of carbonyl (C=O) groups excluding carboxylic acids is 1. The summed E-state index contributed by atoms with van der Waals surface area (Å²) in [6, 6.07) is 3.41. The van der Waals surface area contributed by atoms with E-state index in [-0.39, 0.29) is 11.7 Å². The second kappa shape index (κ2) is 5.93. The van der Waals surface area contributed by atoms with E-state index < -0.39 is 23.3 Å². The monoisotopic (exact) mass is 302 g/mol. The highest BCUT2D eigenvalue weighted by Crippen LogP contribution is 2.35. The molecule has 1 heterocycles. The van der Waals surface area contributed by atoms with Gasteiger partial charge in [-0.3, -0.25) is 4.79 Å².